The first kappa shape index (κ1) is 25.0. The third-order valence-electron chi connectivity index (χ3n) is 6.79. The van der Waals surface area contributed by atoms with E-state index in [4.69, 9.17) is 18.6 Å². The Morgan fingerprint density at radius 3 is 2.65 bits per heavy atom. The molecule has 3 heterocycles. The summed E-state index contributed by atoms with van der Waals surface area (Å²) in [6, 6.07) is 12.0. The normalized spacial score (nSPS) is 17.7. The molecule has 1 fully saturated rings. The van der Waals surface area contributed by atoms with E-state index in [1.807, 2.05) is 25.1 Å². The topological polar surface area (TPSA) is 81.5 Å². The maximum atomic E-state index is 13.7. The standard InChI is InChI=1S/C29H32N2O6/c1-3-16-36-23-11-10-20(19-24(23)35-4-2)26-25-27(32)21-8-5-6-9-22(21)37-28(25)29(33)31(26)13-7-12-30-14-17-34-18-15-30/h3,5-6,8-11,19,26H,1,4,7,12-18H2,2H3. The van der Waals surface area contributed by atoms with Crippen LogP contribution in [0.1, 0.15) is 41.1 Å². The van der Waals surface area contributed by atoms with Gasteiger partial charge in [0.25, 0.3) is 5.91 Å². The average molecular weight is 505 g/mol. The Hall–Kier alpha value is -3.62. The van der Waals surface area contributed by atoms with Crippen molar-refractivity contribution >= 4 is 16.9 Å². The molecule has 194 valence electrons. The Bertz CT molecular complexity index is 1340. The highest BCUT2D eigenvalue weighted by atomic mass is 16.5. The van der Waals surface area contributed by atoms with Crippen molar-refractivity contribution in [2.45, 2.75) is 19.4 Å². The maximum Gasteiger partial charge on any atom is 0.290 e. The molecule has 2 aromatic carbocycles. The van der Waals surface area contributed by atoms with E-state index in [1.54, 1.807) is 35.2 Å². The van der Waals surface area contributed by atoms with Crippen molar-refractivity contribution in [3.05, 3.63) is 82.2 Å². The zero-order chi connectivity index (χ0) is 25.8. The predicted molar refractivity (Wildman–Crippen MR) is 141 cm³/mol. The number of carbonyl (C=O) groups excluding carboxylic acids is 1. The van der Waals surface area contributed by atoms with Gasteiger partial charge in [-0.2, -0.15) is 0 Å². The van der Waals surface area contributed by atoms with Crippen LogP contribution in [-0.4, -0.2) is 68.3 Å². The number of morpholine rings is 1. The van der Waals surface area contributed by atoms with Crippen LogP contribution in [0.15, 0.2) is 64.3 Å². The molecule has 0 spiro atoms. The lowest BCUT2D eigenvalue weighted by Gasteiger charge is -2.29. The molecule has 2 aliphatic heterocycles. The van der Waals surface area contributed by atoms with Gasteiger partial charge in [-0.3, -0.25) is 14.5 Å². The predicted octanol–water partition coefficient (Wildman–Crippen LogP) is 4.02. The smallest absolute Gasteiger partial charge is 0.290 e. The molecule has 0 saturated carbocycles. The van der Waals surface area contributed by atoms with E-state index in [0.29, 0.717) is 47.8 Å². The molecule has 1 unspecified atom stereocenters. The van der Waals surface area contributed by atoms with Crippen molar-refractivity contribution in [2.24, 2.45) is 0 Å². The monoisotopic (exact) mass is 504 g/mol. The van der Waals surface area contributed by atoms with Gasteiger partial charge in [0, 0.05) is 26.2 Å². The van der Waals surface area contributed by atoms with Crippen molar-refractivity contribution in [1.82, 2.24) is 9.80 Å². The van der Waals surface area contributed by atoms with Crippen LogP contribution in [0.4, 0.5) is 0 Å². The van der Waals surface area contributed by atoms with Gasteiger partial charge in [-0.1, -0.05) is 30.9 Å². The summed E-state index contributed by atoms with van der Waals surface area (Å²) >= 11 is 0. The van der Waals surface area contributed by atoms with E-state index >= 15 is 0 Å². The summed E-state index contributed by atoms with van der Waals surface area (Å²) in [5.41, 5.74) is 1.38. The Morgan fingerprint density at radius 2 is 1.86 bits per heavy atom. The summed E-state index contributed by atoms with van der Waals surface area (Å²) in [4.78, 5) is 31.5. The highest BCUT2D eigenvalue weighted by molar-refractivity contribution is 5.99. The minimum Gasteiger partial charge on any atom is -0.490 e. The lowest BCUT2D eigenvalue weighted by Crippen LogP contribution is -2.38. The largest absolute Gasteiger partial charge is 0.490 e. The Labute approximate surface area is 216 Å². The molecule has 5 rings (SSSR count). The van der Waals surface area contributed by atoms with E-state index < -0.39 is 6.04 Å². The average Bonchev–Trinajstić information content (AvgIpc) is 3.20. The second kappa shape index (κ2) is 11.2. The van der Waals surface area contributed by atoms with Crippen LogP contribution < -0.4 is 14.9 Å². The molecule has 37 heavy (non-hydrogen) atoms. The first-order valence-corrected chi connectivity index (χ1v) is 12.8. The highest BCUT2D eigenvalue weighted by Gasteiger charge is 2.42. The van der Waals surface area contributed by atoms with E-state index in [0.717, 1.165) is 44.8 Å². The molecule has 0 bridgehead atoms. The first-order chi connectivity index (χ1) is 18.1. The van der Waals surface area contributed by atoms with Crippen LogP contribution in [0.2, 0.25) is 0 Å². The molecule has 1 aromatic heterocycles. The second-order valence-electron chi connectivity index (χ2n) is 9.12. The van der Waals surface area contributed by atoms with Crippen LogP contribution in [0.5, 0.6) is 11.5 Å². The SMILES string of the molecule is C=CCOc1ccc(C2c3c(oc4ccccc4c3=O)C(=O)N2CCCN2CCOCC2)cc1OCC. The number of hydrogen-bond acceptors (Lipinski definition) is 7. The number of nitrogens with zero attached hydrogens (tertiary/aromatic N) is 2. The van der Waals surface area contributed by atoms with Crippen LogP contribution in [0.25, 0.3) is 11.0 Å². The van der Waals surface area contributed by atoms with Gasteiger partial charge in [0.1, 0.15) is 12.2 Å². The minimum atomic E-state index is -0.583. The van der Waals surface area contributed by atoms with Gasteiger partial charge in [0.2, 0.25) is 5.76 Å². The van der Waals surface area contributed by atoms with Gasteiger partial charge < -0.3 is 23.5 Å². The van der Waals surface area contributed by atoms with Gasteiger partial charge in [0.15, 0.2) is 16.9 Å². The number of rotatable bonds is 10. The fourth-order valence-corrected chi connectivity index (χ4v) is 5.06. The van der Waals surface area contributed by atoms with Gasteiger partial charge in [-0.15, -0.1) is 0 Å². The molecular weight excluding hydrogens is 472 g/mol. The minimum absolute atomic E-state index is 0.116. The lowest BCUT2D eigenvalue weighted by molar-refractivity contribution is 0.0353. The zero-order valence-electron chi connectivity index (χ0n) is 21.1. The maximum absolute atomic E-state index is 13.7. The molecule has 0 radical (unpaired) electrons. The summed E-state index contributed by atoms with van der Waals surface area (Å²) in [7, 11) is 0. The molecule has 3 aromatic rings. The molecular formula is C29H32N2O6. The second-order valence-corrected chi connectivity index (χ2v) is 9.12. The Balaban J connectivity index is 1.54. The molecule has 0 N–H and O–H groups in total. The number of ether oxygens (including phenoxy) is 3. The number of para-hydroxylation sites is 1. The summed E-state index contributed by atoms with van der Waals surface area (Å²) in [6.45, 7) is 10.9. The molecule has 2 aliphatic rings. The Morgan fingerprint density at radius 1 is 1.05 bits per heavy atom. The van der Waals surface area contributed by atoms with Gasteiger partial charge in [-0.25, -0.2) is 0 Å². The van der Waals surface area contributed by atoms with Crippen LogP contribution >= 0.6 is 0 Å². The highest BCUT2D eigenvalue weighted by Crippen LogP contribution is 2.41. The third kappa shape index (κ3) is 4.99. The number of carbonyl (C=O) groups is 1. The van der Waals surface area contributed by atoms with Gasteiger partial charge >= 0.3 is 0 Å². The Kier molecular flexibility index (Phi) is 7.58. The number of amides is 1. The molecule has 8 heteroatoms. The molecule has 8 nitrogen and oxygen atoms in total. The van der Waals surface area contributed by atoms with Crippen molar-refractivity contribution in [3.63, 3.8) is 0 Å². The number of fused-ring (bicyclic) bond motifs is 2. The van der Waals surface area contributed by atoms with Gasteiger partial charge in [-0.05, 0) is 43.2 Å². The van der Waals surface area contributed by atoms with E-state index in [9.17, 15) is 9.59 Å². The van der Waals surface area contributed by atoms with Crippen molar-refractivity contribution in [3.8, 4) is 11.5 Å². The summed E-state index contributed by atoms with van der Waals surface area (Å²) in [6.07, 6.45) is 2.44. The molecule has 1 atom stereocenters. The first-order valence-electron chi connectivity index (χ1n) is 12.8. The lowest BCUT2D eigenvalue weighted by atomic mass is 9.98. The van der Waals surface area contributed by atoms with E-state index in [1.165, 1.54) is 0 Å². The number of hydrogen-bond donors (Lipinski definition) is 0. The summed E-state index contributed by atoms with van der Waals surface area (Å²) in [5, 5.41) is 0.463. The quantitative estimate of drug-likeness (QED) is 0.386. The summed E-state index contributed by atoms with van der Waals surface area (Å²) < 4.78 is 23.1. The van der Waals surface area contributed by atoms with Crippen LogP contribution in [0, 0.1) is 0 Å². The third-order valence-corrected chi connectivity index (χ3v) is 6.79. The van der Waals surface area contributed by atoms with E-state index in [-0.39, 0.29) is 17.1 Å². The zero-order valence-corrected chi connectivity index (χ0v) is 21.1. The molecule has 1 amide bonds. The van der Waals surface area contributed by atoms with Crippen LogP contribution in [0.3, 0.4) is 0 Å². The van der Waals surface area contributed by atoms with Crippen molar-refractivity contribution in [1.29, 1.82) is 0 Å². The summed E-state index contributed by atoms with van der Waals surface area (Å²) in [5.74, 6) is 0.987. The van der Waals surface area contributed by atoms with Crippen molar-refractivity contribution < 1.29 is 23.4 Å². The molecule has 1 saturated heterocycles. The number of benzene rings is 2. The van der Waals surface area contributed by atoms with Crippen molar-refractivity contribution in [2.75, 3.05) is 52.6 Å². The van der Waals surface area contributed by atoms with E-state index in [2.05, 4.69) is 11.5 Å². The van der Waals surface area contributed by atoms with Gasteiger partial charge in [0.05, 0.1) is 36.8 Å². The molecule has 0 aliphatic carbocycles. The van der Waals surface area contributed by atoms with Crippen LogP contribution in [-0.2, 0) is 4.74 Å². The fraction of sp³-hybridized carbons (Fsp3) is 0.379. The fourth-order valence-electron chi connectivity index (χ4n) is 5.06.